The second-order valence-corrected chi connectivity index (χ2v) is 13.1. The molecule has 1 unspecified atom stereocenters. The summed E-state index contributed by atoms with van der Waals surface area (Å²) in [5.74, 6) is 0. The summed E-state index contributed by atoms with van der Waals surface area (Å²) in [4.78, 5) is 9.15. The van der Waals surface area contributed by atoms with Crippen molar-refractivity contribution in [3.63, 3.8) is 0 Å². The van der Waals surface area contributed by atoms with Gasteiger partial charge in [-0.15, -0.1) is 0 Å². The van der Waals surface area contributed by atoms with E-state index in [9.17, 15) is 0 Å². The molecule has 0 fully saturated rings. The molecule has 0 heterocycles. The van der Waals surface area contributed by atoms with Crippen molar-refractivity contribution >= 4 is 34.4 Å². The molecule has 0 spiro atoms. The first kappa shape index (κ1) is 24.8. The van der Waals surface area contributed by atoms with E-state index >= 15 is 0 Å². The van der Waals surface area contributed by atoms with E-state index in [1.165, 1.54) is 51.0 Å². The minimum Gasteiger partial charge on any atom is -0.0901 e. The van der Waals surface area contributed by atoms with E-state index in [-0.39, 0.29) is 10.9 Å². The van der Waals surface area contributed by atoms with Crippen molar-refractivity contribution in [2.45, 2.75) is 55.0 Å². The number of benzene rings is 5. The fraction of sp³-hybridized carbons (Fsp3) is 0.0909. The van der Waals surface area contributed by atoms with Crippen molar-refractivity contribution in [2.24, 2.45) is 0 Å². The van der Waals surface area contributed by atoms with Crippen LogP contribution in [0.2, 0.25) is 0 Å². The number of aryl methyl sites for hydroxylation is 3. The van der Waals surface area contributed by atoms with Gasteiger partial charge in [0.15, 0.2) is 14.7 Å². The highest BCUT2D eigenvalue weighted by Gasteiger charge is 2.29. The molecular weight excluding hydrogens is 493 g/mol. The van der Waals surface area contributed by atoms with Crippen molar-refractivity contribution in [2.75, 3.05) is 0 Å². The molecule has 36 heavy (non-hydrogen) atoms. The lowest BCUT2D eigenvalue weighted by Gasteiger charge is -2.12. The maximum Gasteiger partial charge on any atom is 0.167 e. The minimum absolute atomic E-state index is 0.180. The molecule has 0 saturated heterocycles. The standard InChI is InChI=1S/C33H29S3/c1-24-9-14-28(15-10-24)34-29-16-21-31(22-17-29)36(30-18-11-25(2)12-19-30)32-20-13-26(3)33(23-32)35-27-7-5-4-6-8-27/h4-23H,1-3H3/q+1. The summed E-state index contributed by atoms with van der Waals surface area (Å²) in [5, 5.41) is 0. The summed E-state index contributed by atoms with van der Waals surface area (Å²) in [7, 11) is -0.180. The van der Waals surface area contributed by atoms with E-state index in [2.05, 4.69) is 142 Å². The molecule has 5 aromatic rings. The monoisotopic (exact) mass is 521 g/mol. The maximum atomic E-state index is 2.39. The topological polar surface area (TPSA) is 0 Å². The molecule has 0 aliphatic heterocycles. The summed E-state index contributed by atoms with van der Waals surface area (Å²) in [5.41, 5.74) is 3.89. The molecule has 0 N–H and O–H groups in total. The molecule has 0 bridgehead atoms. The lowest BCUT2D eigenvalue weighted by Crippen LogP contribution is -2.05. The van der Waals surface area contributed by atoms with Gasteiger partial charge in [-0.05, 0) is 93.1 Å². The predicted octanol–water partition coefficient (Wildman–Crippen LogP) is 10.0. The molecule has 0 radical (unpaired) electrons. The van der Waals surface area contributed by atoms with Crippen LogP contribution in [0.15, 0.2) is 156 Å². The highest BCUT2D eigenvalue weighted by Crippen LogP contribution is 2.38. The zero-order chi connectivity index (χ0) is 24.9. The van der Waals surface area contributed by atoms with Crippen LogP contribution in [-0.4, -0.2) is 0 Å². The summed E-state index contributed by atoms with van der Waals surface area (Å²) >= 11 is 3.66. The third-order valence-corrected chi connectivity index (χ3v) is 10.3. The van der Waals surface area contributed by atoms with E-state index < -0.39 is 0 Å². The largest absolute Gasteiger partial charge is 0.167 e. The molecule has 5 aromatic carbocycles. The molecular formula is C33H29S3+. The molecule has 3 heteroatoms. The smallest absolute Gasteiger partial charge is 0.0901 e. The lowest BCUT2D eigenvalue weighted by atomic mass is 10.2. The number of hydrogen-bond donors (Lipinski definition) is 0. The fourth-order valence-electron chi connectivity index (χ4n) is 3.90. The van der Waals surface area contributed by atoms with Gasteiger partial charge in [0.1, 0.15) is 0 Å². The number of rotatable bonds is 7. The van der Waals surface area contributed by atoms with Crippen LogP contribution in [-0.2, 0) is 10.9 Å². The second kappa shape index (κ2) is 11.5. The van der Waals surface area contributed by atoms with Crippen LogP contribution in [0.5, 0.6) is 0 Å². The quantitative estimate of drug-likeness (QED) is 0.195. The van der Waals surface area contributed by atoms with Crippen LogP contribution in [0.25, 0.3) is 0 Å². The summed E-state index contributed by atoms with van der Waals surface area (Å²) in [6, 6.07) is 44.5. The average molecular weight is 522 g/mol. The zero-order valence-electron chi connectivity index (χ0n) is 20.8. The van der Waals surface area contributed by atoms with Crippen molar-refractivity contribution in [3.8, 4) is 0 Å². The van der Waals surface area contributed by atoms with E-state index in [0.29, 0.717) is 0 Å². The Bertz CT molecular complexity index is 1420. The van der Waals surface area contributed by atoms with Crippen molar-refractivity contribution in [1.29, 1.82) is 0 Å². The Labute approximate surface area is 226 Å². The van der Waals surface area contributed by atoms with Gasteiger partial charge < -0.3 is 0 Å². The summed E-state index contributed by atoms with van der Waals surface area (Å²) in [6.07, 6.45) is 0. The van der Waals surface area contributed by atoms with Gasteiger partial charge in [-0.2, -0.15) is 0 Å². The van der Waals surface area contributed by atoms with E-state index in [0.717, 1.165) is 0 Å². The Morgan fingerprint density at radius 1 is 0.444 bits per heavy atom. The van der Waals surface area contributed by atoms with Gasteiger partial charge in [0, 0.05) is 25.6 Å². The Morgan fingerprint density at radius 3 is 1.53 bits per heavy atom. The van der Waals surface area contributed by atoms with Crippen molar-refractivity contribution < 1.29 is 0 Å². The van der Waals surface area contributed by atoms with Crippen LogP contribution in [0.1, 0.15) is 16.7 Å². The minimum atomic E-state index is -0.180. The van der Waals surface area contributed by atoms with Gasteiger partial charge in [-0.1, -0.05) is 83.2 Å². The van der Waals surface area contributed by atoms with Crippen LogP contribution >= 0.6 is 23.5 Å². The first-order valence-electron chi connectivity index (χ1n) is 12.0. The first-order chi connectivity index (χ1) is 17.5. The van der Waals surface area contributed by atoms with Gasteiger partial charge in [0.2, 0.25) is 0 Å². The second-order valence-electron chi connectivity index (χ2n) is 8.85. The summed E-state index contributed by atoms with van der Waals surface area (Å²) in [6.45, 7) is 6.49. The first-order valence-corrected chi connectivity index (χ1v) is 14.9. The Morgan fingerprint density at radius 2 is 0.917 bits per heavy atom. The molecule has 1 atom stereocenters. The Hall–Kier alpha value is -2.85. The normalized spacial score (nSPS) is 11.9. The maximum absolute atomic E-state index is 2.39. The van der Waals surface area contributed by atoms with Gasteiger partial charge >= 0.3 is 0 Å². The lowest BCUT2D eigenvalue weighted by molar-refractivity contribution is 1.20. The molecule has 0 aliphatic rings. The van der Waals surface area contributed by atoms with Crippen LogP contribution in [0.4, 0.5) is 0 Å². The van der Waals surface area contributed by atoms with E-state index in [1.807, 2.05) is 23.5 Å². The van der Waals surface area contributed by atoms with Gasteiger partial charge in [-0.25, -0.2) is 0 Å². The average Bonchev–Trinajstić information content (AvgIpc) is 2.90. The van der Waals surface area contributed by atoms with Gasteiger partial charge in [-0.3, -0.25) is 0 Å². The SMILES string of the molecule is Cc1ccc(Sc2ccc([S+](c3ccc(C)cc3)c3ccc(C)c(Sc4ccccc4)c3)cc2)cc1. The van der Waals surface area contributed by atoms with E-state index in [1.54, 1.807) is 0 Å². The van der Waals surface area contributed by atoms with Crippen LogP contribution < -0.4 is 0 Å². The van der Waals surface area contributed by atoms with Crippen LogP contribution in [0.3, 0.4) is 0 Å². The number of hydrogen-bond acceptors (Lipinski definition) is 2. The Balaban J connectivity index is 1.49. The van der Waals surface area contributed by atoms with Crippen molar-refractivity contribution in [1.82, 2.24) is 0 Å². The molecule has 0 amide bonds. The van der Waals surface area contributed by atoms with Crippen molar-refractivity contribution in [3.05, 3.63) is 138 Å². The Kier molecular flexibility index (Phi) is 7.91. The van der Waals surface area contributed by atoms with E-state index in [4.69, 9.17) is 0 Å². The molecule has 5 rings (SSSR count). The fourth-order valence-corrected chi connectivity index (χ4v) is 7.83. The molecule has 0 aliphatic carbocycles. The molecule has 0 nitrogen and oxygen atoms in total. The highest BCUT2D eigenvalue weighted by molar-refractivity contribution is 8.00. The third kappa shape index (κ3) is 6.10. The predicted molar refractivity (Wildman–Crippen MR) is 157 cm³/mol. The summed E-state index contributed by atoms with van der Waals surface area (Å²) < 4.78 is 0. The highest BCUT2D eigenvalue weighted by atomic mass is 32.2. The van der Waals surface area contributed by atoms with Crippen LogP contribution in [0, 0.1) is 20.8 Å². The van der Waals surface area contributed by atoms with Gasteiger partial charge in [0.05, 0.1) is 10.9 Å². The molecule has 0 saturated carbocycles. The van der Waals surface area contributed by atoms with Gasteiger partial charge in [0.25, 0.3) is 0 Å². The third-order valence-electron chi connectivity index (χ3n) is 5.94. The molecule has 0 aromatic heterocycles. The zero-order valence-corrected chi connectivity index (χ0v) is 23.2. The molecule has 178 valence electrons.